The minimum absolute atomic E-state index is 0.0296. The quantitative estimate of drug-likeness (QED) is 0.872. The molecule has 1 N–H and O–H groups in total. The van der Waals surface area contributed by atoms with Crippen molar-refractivity contribution in [3.8, 4) is 6.07 Å². The Morgan fingerprint density at radius 3 is 2.83 bits per heavy atom. The van der Waals surface area contributed by atoms with Crippen LogP contribution in [0.15, 0.2) is 24.3 Å². The maximum atomic E-state index is 12.8. The van der Waals surface area contributed by atoms with Gasteiger partial charge in [0.1, 0.15) is 5.41 Å². The first-order valence-electron chi connectivity index (χ1n) is 8.16. The number of amides is 2. The van der Waals surface area contributed by atoms with Gasteiger partial charge in [-0.1, -0.05) is 13.0 Å². The van der Waals surface area contributed by atoms with Crippen LogP contribution in [0.1, 0.15) is 38.2 Å². The van der Waals surface area contributed by atoms with Crippen LogP contribution in [0.3, 0.4) is 0 Å². The van der Waals surface area contributed by atoms with Crippen LogP contribution in [0.25, 0.3) is 0 Å². The van der Waals surface area contributed by atoms with Crippen molar-refractivity contribution in [2.45, 2.75) is 32.6 Å². The Labute approximate surface area is 136 Å². The van der Waals surface area contributed by atoms with Crippen LogP contribution in [-0.4, -0.2) is 29.8 Å². The highest BCUT2D eigenvalue weighted by Crippen LogP contribution is 2.48. The van der Waals surface area contributed by atoms with E-state index in [0.29, 0.717) is 30.0 Å². The molecule has 3 rings (SSSR count). The molecule has 0 aromatic heterocycles. The number of carbonyl (C=O) groups excluding carboxylic acids is 2. The monoisotopic (exact) mass is 311 g/mol. The molecule has 1 atom stereocenters. The number of likely N-dealkylation sites (tertiary alicyclic amines) is 1. The van der Waals surface area contributed by atoms with Gasteiger partial charge in [0.25, 0.3) is 0 Å². The lowest BCUT2D eigenvalue weighted by molar-refractivity contribution is -0.143. The predicted molar refractivity (Wildman–Crippen MR) is 86.4 cm³/mol. The number of nitrogens with one attached hydrogen (secondary N) is 1. The highest BCUT2D eigenvalue weighted by Gasteiger charge is 2.58. The van der Waals surface area contributed by atoms with Crippen molar-refractivity contribution >= 4 is 17.5 Å². The number of nitriles is 1. The molecule has 0 spiro atoms. The van der Waals surface area contributed by atoms with Crippen LogP contribution in [0, 0.1) is 22.7 Å². The topological polar surface area (TPSA) is 73.2 Å². The van der Waals surface area contributed by atoms with E-state index in [4.69, 9.17) is 5.26 Å². The Morgan fingerprint density at radius 1 is 1.39 bits per heavy atom. The van der Waals surface area contributed by atoms with Crippen LogP contribution in [0.2, 0.25) is 0 Å². The second kappa shape index (κ2) is 6.04. The molecule has 1 aromatic rings. The summed E-state index contributed by atoms with van der Waals surface area (Å²) in [5.41, 5.74) is 0.170. The third kappa shape index (κ3) is 3.07. The van der Waals surface area contributed by atoms with Gasteiger partial charge in [0.15, 0.2) is 0 Å². The zero-order valence-electron chi connectivity index (χ0n) is 13.3. The highest BCUT2D eigenvalue weighted by atomic mass is 16.2. The van der Waals surface area contributed by atoms with E-state index in [-0.39, 0.29) is 11.8 Å². The molecule has 2 aliphatic rings. The van der Waals surface area contributed by atoms with Crippen LogP contribution in [0.5, 0.6) is 0 Å². The molecule has 1 unspecified atom stereocenters. The summed E-state index contributed by atoms with van der Waals surface area (Å²) in [5, 5.41) is 11.7. The molecule has 120 valence electrons. The number of anilines is 1. The van der Waals surface area contributed by atoms with Gasteiger partial charge in [-0.05, 0) is 49.8 Å². The number of hydrogen-bond acceptors (Lipinski definition) is 3. The molecule has 0 radical (unpaired) electrons. The maximum Gasteiger partial charge on any atom is 0.240 e. The summed E-state index contributed by atoms with van der Waals surface area (Å²) in [6.07, 6.45) is 3.37. The van der Waals surface area contributed by atoms with Crippen molar-refractivity contribution in [1.82, 2.24) is 4.90 Å². The minimum Gasteiger partial charge on any atom is -0.342 e. The van der Waals surface area contributed by atoms with E-state index >= 15 is 0 Å². The SMILES string of the molecule is CC1CCCN(C(=O)C2(C(=O)Nc3cccc(C#N)c3)CC2)C1. The van der Waals surface area contributed by atoms with E-state index in [1.165, 1.54) is 0 Å². The first-order chi connectivity index (χ1) is 11.0. The van der Waals surface area contributed by atoms with Crippen LogP contribution < -0.4 is 5.32 Å². The Bertz CT molecular complexity index is 673. The molecule has 2 fully saturated rings. The number of benzene rings is 1. The molecule has 1 heterocycles. The molecule has 23 heavy (non-hydrogen) atoms. The molecule has 1 saturated heterocycles. The summed E-state index contributed by atoms with van der Waals surface area (Å²) in [4.78, 5) is 27.3. The van der Waals surface area contributed by atoms with Crippen molar-refractivity contribution < 1.29 is 9.59 Å². The fourth-order valence-corrected chi connectivity index (χ4v) is 3.26. The van der Waals surface area contributed by atoms with Gasteiger partial charge in [0, 0.05) is 18.8 Å². The van der Waals surface area contributed by atoms with Gasteiger partial charge in [-0.2, -0.15) is 5.26 Å². The molecule has 1 aliphatic carbocycles. The number of carbonyl (C=O) groups is 2. The molecule has 0 bridgehead atoms. The summed E-state index contributed by atoms with van der Waals surface area (Å²) in [5.74, 6) is 0.229. The lowest BCUT2D eigenvalue weighted by Gasteiger charge is -2.33. The van der Waals surface area contributed by atoms with Gasteiger partial charge in [0.2, 0.25) is 11.8 Å². The van der Waals surface area contributed by atoms with Crippen LogP contribution in [-0.2, 0) is 9.59 Å². The fourth-order valence-electron chi connectivity index (χ4n) is 3.26. The van der Waals surface area contributed by atoms with Gasteiger partial charge < -0.3 is 10.2 Å². The second-order valence-electron chi connectivity index (χ2n) is 6.73. The Hall–Kier alpha value is -2.35. The van der Waals surface area contributed by atoms with Gasteiger partial charge in [-0.25, -0.2) is 0 Å². The van der Waals surface area contributed by atoms with Crippen molar-refractivity contribution in [2.75, 3.05) is 18.4 Å². The van der Waals surface area contributed by atoms with E-state index in [9.17, 15) is 9.59 Å². The standard InChI is InChI=1S/C18H21N3O2/c1-13-4-3-9-21(12-13)17(23)18(7-8-18)16(22)20-15-6-2-5-14(10-15)11-19/h2,5-6,10,13H,3-4,7-9,12H2,1H3,(H,20,22). The van der Waals surface area contributed by atoms with Crippen LogP contribution >= 0.6 is 0 Å². The van der Waals surface area contributed by atoms with E-state index in [1.807, 2.05) is 11.0 Å². The molecule has 1 aromatic carbocycles. The number of piperidine rings is 1. The Kier molecular flexibility index (Phi) is 4.08. The van der Waals surface area contributed by atoms with Crippen molar-refractivity contribution in [3.63, 3.8) is 0 Å². The number of hydrogen-bond donors (Lipinski definition) is 1. The summed E-state index contributed by atoms with van der Waals surface area (Å²) in [7, 11) is 0. The highest BCUT2D eigenvalue weighted by molar-refractivity contribution is 6.13. The van der Waals surface area contributed by atoms with Crippen molar-refractivity contribution in [3.05, 3.63) is 29.8 Å². The van der Waals surface area contributed by atoms with E-state index in [0.717, 1.165) is 25.9 Å². The Balaban J connectivity index is 1.71. The molecular formula is C18H21N3O2. The molecular weight excluding hydrogens is 290 g/mol. The average molecular weight is 311 g/mol. The van der Waals surface area contributed by atoms with Crippen LogP contribution in [0.4, 0.5) is 5.69 Å². The van der Waals surface area contributed by atoms with E-state index in [1.54, 1.807) is 24.3 Å². The average Bonchev–Trinajstić information content (AvgIpc) is 3.36. The summed E-state index contributed by atoms with van der Waals surface area (Å²) < 4.78 is 0. The summed E-state index contributed by atoms with van der Waals surface area (Å²) in [6.45, 7) is 3.65. The first-order valence-corrected chi connectivity index (χ1v) is 8.16. The van der Waals surface area contributed by atoms with Gasteiger partial charge >= 0.3 is 0 Å². The third-order valence-electron chi connectivity index (χ3n) is 4.79. The molecule has 1 aliphatic heterocycles. The van der Waals surface area contributed by atoms with Gasteiger partial charge in [-0.3, -0.25) is 9.59 Å². The van der Waals surface area contributed by atoms with Gasteiger partial charge in [0.05, 0.1) is 11.6 Å². The first kappa shape index (κ1) is 15.5. The molecule has 5 heteroatoms. The number of nitrogens with zero attached hydrogens (tertiary/aromatic N) is 2. The zero-order chi connectivity index (χ0) is 16.4. The van der Waals surface area contributed by atoms with E-state index in [2.05, 4.69) is 12.2 Å². The molecule has 1 saturated carbocycles. The smallest absolute Gasteiger partial charge is 0.240 e. The normalized spacial score (nSPS) is 22.1. The molecule has 2 amide bonds. The van der Waals surface area contributed by atoms with Crippen molar-refractivity contribution in [1.29, 1.82) is 5.26 Å². The summed E-state index contributed by atoms with van der Waals surface area (Å²) in [6, 6.07) is 8.82. The lowest BCUT2D eigenvalue weighted by Crippen LogP contribution is -2.46. The maximum absolute atomic E-state index is 12.8. The number of rotatable bonds is 3. The lowest BCUT2D eigenvalue weighted by atomic mass is 9.96. The predicted octanol–water partition coefficient (Wildman–Crippen LogP) is 2.54. The second-order valence-corrected chi connectivity index (χ2v) is 6.73. The third-order valence-corrected chi connectivity index (χ3v) is 4.79. The molecule has 5 nitrogen and oxygen atoms in total. The Morgan fingerprint density at radius 2 is 2.17 bits per heavy atom. The minimum atomic E-state index is -0.889. The van der Waals surface area contributed by atoms with Gasteiger partial charge in [-0.15, -0.1) is 0 Å². The largest absolute Gasteiger partial charge is 0.342 e. The summed E-state index contributed by atoms with van der Waals surface area (Å²) >= 11 is 0. The fraction of sp³-hybridized carbons (Fsp3) is 0.500. The van der Waals surface area contributed by atoms with E-state index < -0.39 is 5.41 Å². The zero-order valence-corrected chi connectivity index (χ0v) is 13.3. The van der Waals surface area contributed by atoms with Crippen molar-refractivity contribution in [2.24, 2.45) is 11.3 Å².